The number of rotatable bonds is 4. The molecule has 2 aromatic rings. The van der Waals surface area contributed by atoms with Gasteiger partial charge < -0.3 is 5.32 Å². The Balaban J connectivity index is 2.35. The predicted molar refractivity (Wildman–Crippen MR) is 73.7 cm³/mol. The first-order valence-electron chi connectivity index (χ1n) is 6.01. The predicted octanol–water partition coefficient (Wildman–Crippen LogP) is 2.99. The van der Waals surface area contributed by atoms with Gasteiger partial charge in [0.1, 0.15) is 5.69 Å². The summed E-state index contributed by atoms with van der Waals surface area (Å²) in [6, 6.07) is 6.34. The van der Waals surface area contributed by atoms with E-state index in [1.165, 1.54) is 18.2 Å². The molecular formula is C13H13N5O2. The third kappa shape index (κ3) is 2.75. The Hall–Kier alpha value is -2.88. The third-order valence-corrected chi connectivity index (χ3v) is 2.73. The van der Waals surface area contributed by atoms with Crippen LogP contribution in [-0.4, -0.2) is 14.7 Å². The molecule has 7 nitrogen and oxygen atoms in total. The van der Waals surface area contributed by atoms with Gasteiger partial charge in [-0.1, -0.05) is 0 Å². The Morgan fingerprint density at radius 3 is 2.80 bits per heavy atom. The molecular weight excluding hydrogens is 258 g/mol. The normalized spacial score (nSPS) is 10.3. The Kier molecular flexibility index (Phi) is 3.66. The summed E-state index contributed by atoms with van der Waals surface area (Å²) in [6.45, 7) is 3.96. The van der Waals surface area contributed by atoms with Gasteiger partial charge in [0.2, 0.25) is 0 Å². The van der Waals surface area contributed by atoms with Gasteiger partial charge in [-0.25, -0.2) is 0 Å². The second kappa shape index (κ2) is 5.40. The van der Waals surface area contributed by atoms with Crippen molar-refractivity contribution in [3.05, 3.63) is 46.3 Å². The van der Waals surface area contributed by atoms with Crippen LogP contribution in [0.3, 0.4) is 0 Å². The molecule has 102 valence electrons. The minimum Gasteiger partial charge on any atom is -0.347 e. The topological polar surface area (TPSA) is 96.8 Å². The summed E-state index contributed by atoms with van der Waals surface area (Å²) >= 11 is 0. The zero-order valence-electron chi connectivity index (χ0n) is 11.1. The van der Waals surface area contributed by atoms with Gasteiger partial charge in [-0.05, 0) is 26.0 Å². The molecule has 0 aliphatic carbocycles. The van der Waals surface area contributed by atoms with Crippen molar-refractivity contribution in [2.75, 3.05) is 5.32 Å². The summed E-state index contributed by atoms with van der Waals surface area (Å²) in [6.07, 6.45) is 3.34. The standard InChI is InChI=1S/C13H13N5O2/c1-9(2)17-8-11(7-15-17)16-12-5-10(6-14)3-4-13(12)18(19)20/h3-5,7-9,16H,1-2H3. The molecule has 1 N–H and O–H groups in total. The number of benzene rings is 1. The number of nitrogens with one attached hydrogen (secondary N) is 1. The number of nitrogens with zero attached hydrogens (tertiary/aromatic N) is 4. The lowest BCUT2D eigenvalue weighted by molar-refractivity contribution is -0.383. The molecule has 7 heteroatoms. The quantitative estimate of drug-likeness (QED) is 0.681. The van der Waals surface area contributed by atoms with E-state index < -0.39 is 4.92 Å². The van der Waals surface area contributed by atoms with E-state index in [4.69, 9.17) is 5.26 Å². The van der Waals surface area contributed by atoms with Crippen LogP contribution in [0.25, 0.3) is 0 Å². The highest BCUT2D eigenvalue weighted by Gasteiger charge is 2.15. The summed E-state index contributed by atoms with van der Waals surface area (Å²) in [5.74, 6) is 0. The SMILES string of the molecule is CC(C)n1cc(Nc2cc(C#N)ccc2[N+](=O)[O-])cn1. The molecule has 0 bridgehead atoms. The summed E-state index contributed by atoms with van der Waals surface area (Å²) in [5.41, 5.74) is 1.19. The Morgan fingerprint density at radius 2 is 2.25 bits per heavy atom. The van der Waals surface area contributed by atoms with Gasteiger partial charge in [-0.3, -0.25) is 14.8 Å². The summed E-state index contributed by atoms with van der Waals surface area (Å²) in [4.78, 5) is 10.5. The van der Waals surface area contributed by atoms with Crippen LogP contribution in [-0.2, 0) is 0 Å². The lowest BCUT2D eigenvalue weighted by atomic mass is 10.2. The van der Waals surface area contributed by atoms with Crippen molar-refractivity contribution < 1.29 is 4.92 Å². The molecule has 0 aliphatic rings. The van der Waals surface area contributed by atoms with Crippen molar-refractivity contribution in [3.8, 4) is 6.07 Å². The molecule has 0 fully saturated rings. The average molecular weight is 271 g/mol. The number of nitriles is 1. The second-order valence-corrected chi connectivity index (χ2v) is 4.53. The van der Waals surface area contributed by atoms with E-state index >= 15 is 0 Å². The van der Waals surface area contributed by atoms with E-state index in [9.17, 15) is 10.1 Å². The maximum Gasteiger partial charge on any atom is 0.292 e. The highest BCUT2D eigenvalue weighted by molar-refractivity contribution is 5.70. The van der Waals surface area contributed by atoms with E-state index in [2.05, 4.69) is 10.4 Å². The van der Waals surface area contributed by atoms with Crippen molar-refractivity contribution in [2.45, 2.75) is 19.9 Å². The number of nitro benzene ring substituents is 1. The van der Waals surface area contributed by atoms with E-state index in [-0.39, 0.29) is 17.4 Å². The molecule has 0 saturated carbocycles. The fourth-order valence-electron chi connectivity index (χ4n) is 1.71. The number of anilines is 2. The average Bonchev–Trinajstić information content (AvgIpc) is 2.87. The molecule has 0 saturated heterocycles. The van der Waals surface area contributed by atoms with E-state index in [0.717, 1.165) is 0 Å². The van der Waals surface area contributed by atoms with Crippen LogP contribution >= 0.6 is 0 Å². The van der Waals surface area contributed by atoms with Crippen molar-refractivity contribution >= 4 is 17.1 Å². The van der Waals surface area contributed by atoms with E-state index in [1.54, 1.807) is 17.1 Å². The van der Waals surface area contributed by atoms with Crippen molar-refractivity contribution in [1.29, 1.82) is 5.26 Å². The highest BCUT2D eigenvalue weighted by atomic mass is 16.6. The van der Waals surface area contributed by atoms with Crippen LogP contribution in [0.5, 0.6) is 0 Å². The lowest BCUT2D eigenvalue weighted by Gasteiger charge is -2.06. The first-order chi connectivity index (χ1) is 9.51. The molecule has 1 aromatic heterocycles. The van der Waals surface area contributed by atoms with Crippen LogP contribution in [0.1, 0.15) is 25.5 Å². The molecule has 0 atom stereocenters. The molecule has 1 aromatic carbocycles. The summed E-state index contributed by atoms with van der Waals surface area (Å²) in [5, 5.41) is 26.9. The highest BCUT2D eigenvalue weighted by Crippen LogP contribution is 2.28. The second-order valence-electron chi connectivity index (χ2n) is 4.53. The van der Waals surface area contributed by atoms with Gasteiger partial charge in [-0.15, -0.1) is 0 Å². The number of hydrogen-bond donors (Lipinski definition) is 1. The molecule has 0 unspecified atom stereocenters. The van der Waals surface area contributed by atoms with Gasteiger partial charge in [0, 0.05) is 18.3 Å². The number of aromatic nitrogens is 2. The number of hydrogen-bond acceptors (Lipinski definition) is 5. The Morgan fingerprint density at radius 1 is 1.50 bits per heavy atom. The lowest BCUT2D eigenvalue weighted by Crippen LogP contribution is -2.00. The van der Waals surface area contributed by atoms with Crippen molar-refractivity contribution in [1.82, 2.24) is 9.78 Å². The molecule has 1 heterocycles. The maximum atomic E-state index is 11.0. The van der Waals surface area contributed by atoms with Crippen molar-refractivity contribution in [3.63, 3.8) is 0 Å². The fraction of sp³-hybridized carbons (Fsp3) is 0.231. The van der Waals surface area contributed by atoms with Crippen LogP contribution < -0.4 is 5.32 Å². The smallest absolute Gasteiger partial charge is 0.292 e. The van der Waals surface area contributed by atoms with Gasteiger partial charge >= 0.3 is 0 Å². The Labute approximate surface area is 115 Å². The van der Waals surface area contributed by atoms with Crippen LogP contribution in [0.4, 0.5) is 17.1 Å². The molecule has 2 rings (SSSR count). The summed E-state index contributed by atoms with van der Waals surface area (Å²) < 4.78 is 1.74. The van der Waals surface area contributed by atoms with Gasteiger partial charge in [0.25, 0.3) is 5.69 Å². The van der Waals surface area contributed by atoms with Crippen LogP contribution in [0, 0.1) is 21.4 Å². The largest absolute Gasteiger partial charge is 0.347 e. The first kappa shape index (κ1) is 13.5. The minimum atomic E-state index is -0.490. The Bertz CT molecular complexity index is 684. The van der Waals surface area contributed by atoms with Crippen molar-refractivity contribution in [2.24, 2.45) is 0 Å². The minimum absolute atomic E-state index is 0.0821. The first-order valence-corrected chi connectivity index (χ1v) is 6.01. The van der Waals surface area contributed by atoms with Crippen LogP contribution in [0.2, 0.25) is 0 Å². The fourth-order valence-corrected chi connectivity index (χ4v) is 1.71. The molecule has 0 spiro atoms. The monoisotopic (exact) mass is 271 g/mol. The van der Waals surface area contributed by atoms with Crippen LogP contribution in [0.15, 0.2) is 30.6 Å². The number of nitro groups is 1. The van der Waals surface area contributed by atoms with Gasteiger partial charge in [0.05, 0.1) is 28.4 Å². The molecule has 0 radical (unpaired) electrons. The van der Waals surface area contributed by atoms with Gasteiger partial charge in [-0.2, -0.15) is 10.4 Å². The van der Waals surface area contributed by atoms with E-state index in [1.807, 2.05) is 19.9 Å². The van der Waals surface area contributed by atoms with Gasteiger partial charge in [0.15, 0.2) is 0 Å². The zero-order valence-corrected chi connectivity index (χ0v) is 11.1. The maximum absolute atomic E-state index is 11.0. The molecule has 0 aliphatic heterocycles. The molecule has 0 amide bonds. The molecule has 20 heavy (non-hydrogen) atoms. The summed E-state index contributed by atoms with van der Waals surface area (Å²) in [7, 11) is 0. The zero-order chi connectivity index (χ0) is 14.7. The third-order valence-electron chi connectivity index (χ3n) is 2.73. The van der Waals surface area contributed by atoms with E-state index in [0.29, 0.717) is 11.3 Å².